The van der Waals surface area contributed by atoms with Crippen LogP contribution in [0.4, 0.5) is 0 Å². The predicted octanol–water partition coefficient (Wildman–Crippen LogP) is 1.72. The van der Waals surface area contributed by atoms with Crippen LogP contribution in [0.2, 0.25) is 0 Å². The zero-order valence-electron chi connectivity index (χ0n) is 13.2. The second-order valence-electron chi connectivity index (χ2n) is 6.49. The molecule has 0 spiro atoms. The lowest BCUT2D eigenvalue weighted by Gasteiger charge is -2.53. The minimum absolute atomic E-state index is 0.0442. The highest BCUT2D eigenvalue weighted by Gasteiger charge is 2.43. The molecule has 2 aromatic rings. The van der Waals surface area contributed by atoms with E-state index in [4.69, 9.17) is 4.52 Å². The minimum Gasteiger partial charge on any atom is -0.351 e. The molecule has 0 radical (unpaired) electrons. The van der Waals surface area contributed by atoms with E-state index < -0.39 is 0 Å². The summed E-state index contributed by atoms with van der Waals surface area (Å²) in [5.74, 6) is 1.00. The average Bonchev–Trinajstić information content (AvgIpc) is 2.99. The van der Waals surface area contributed by atoms with Crippen LogP contribution in [0.1, 0.15) is 28.2 Å². The summed E-state index contributed by atoms with van der Waals surface area (Å²) in [6.07, 6.45) is 4.77. The van der Waals surface area contributed by atoms with Gasteiger partial charge < -0.3 is 9.42 Å². The number of hydrogen-bond acceptors (Lipinski definition) is 5. The number of likely N-dealkylation sites (tertiary alicyclic amines) is 2. The van der Waals surface area contributed by atoms with Crippen LogP contribution in [0.25, 0.3) is 0 Å². The van der Waals surface area contributed by atoms with Crippen molar-refractivity contribution in [1.29, 1.82) is 0 Å². The van der Waals surface area contributed by atoms with Crippen molar-refractivity contribution in [3.05, 3.63) is 47.6 Å². The van der Waals surface area contributed by atoms with E-state index in [2.05, 4.69) is 21.1 Å². The number of aromatic nitrogens is 2. The summed E-state index contributed by atoms with van der Waals surface area (Å²) in [4.78, 5) is 21.0. The van der Waals surface area contributed by atoms with Gasteiger partial charge in [-0.25, -0.2) is 0 Å². The third-order valence-corrected chi connectivity index (χ3v) is 4.89. The smallest absolute Gasteiger partial charge is 0.292 e. The van der Waals surface area contributed by atoms with Crippen LogP contribution in [0, 0.1) is 12.8 Å². The molecule has 6 nitrogen and oxygen atoms in total. The largest absolute Gasteiger partial charge is 0.351 e. The van der Waals surface area contributed by atoms with Gasteiger partial charge in [0.05, 0.1) is 5.69 Å². The van der Waals surface area contributed by atoms with Gasteiger partial charge in [-0.05, 0) is 30.9 Å². The molecule has 1 amide bonds. The molecule has 2 saturated heterocycles. The fourth-order valence-electron chi connectivity index (χ4n) is 3.62. The molecule has 2 atom stereocenters. The van der Waals surface area contributed by atoms with Gasteiger partial charge in [-0.15, -0.1) is 0 Å². The lowest BCUT2D eigenvalue weighted by Crippen LogP contribution is -2.64. The maximum Gasteiger partial charge on any atom is 0.292 e. The maximum atomic E-state index is 12.5. The van der Waals surface area contributed by atoms with E-state index in [1.807, 2.05) is 24.1 Å². The van der Waals surface area contributed by atoms with Crippen molar-refractivity contribution < 1.29 is 9.32 Å². The van der Waals surface area contributed by atoms with E-state index in [0.717, 1.165) is 38.3 Å². The fraction of sp³-hybridized carbons (Fsp3) is 0.471. The standard InChI is InChI=1S/C17H20N4O2/c1-12-7-16(23-19-12)17(22)20-6-4-14-10-21(15(14)11-20)9-13-3-2-5-18-8-13/h2-3,5,7-8,14-15H,4,6,9-11H2,1H3/t14-,15-/m1/s1. The van der Waals surface area contributed by atoms with Crippen LogP contribution >= 0.6 is 0 Å². The first-order chi connectivity index (χ1) is 11.2. The summed E-state index contributed by atoms with van der Waals surface area (Å²) >= 11 is 0. The summed E-state index contributed by atoms with van der Waals surface area (Å²) < 4.78 is 5.12. The topological polar surface area (TPSA) is 62.5 Å². The van der Waals surface area contributed by atoms with Gasteiger partial charge in [-0.2, -0.15) is 0 Å². The van der Waals surface area contributed by atoms with Gasteiger partial charge in [0.25, 0.3) is 5.91 Å². The van der Waals surface area contributed by atoms with E-state index in [0.29, 0.717) is 17.7 Å². The van der Waals surface area contributed by atoms with Gasteiger partial charge in [-0.3, -0.25) is 14.7 Å². The van der Waals surface area contributed by atoms with Crippen LogP contribution in [0.5, 0.6) is 0 Å². The van der Waals surface area contributed by atoms with Gasteiger partial charge in [0.2, 0.25) is 5.76 Å². The molecule has 0 unspecified atom stereocenters. The summed E-state index contributed by atoms with van der Waals surface area (Å²) in [6, 6.07) is 6.22. The molecule has 2 aromatic heterocycles. The molecule has 2 fully saturated rings. The summed E-state index contributed by atoms with van der Waals surface area (Å²) in [5.41, 5.74) is 1.96. The molecule has 2 aliphatic heterocycles. The Balaban J connectivity index is 1.41. The number of aryl methyl sites for hydroxylation is 1. The fourth-order valence-corrected chi connectivity index (χ4v) is 3.62. The predicted molar refractivity (Wildman–Crippen MR) is 83.7 cm³/mol. The van der Waals surface area contributed by atoms with E-state index in [-0.39, 0.29) is 5.91 Å². The Hall–Kier alpha value is -2.21. The van der Waals surface area contributed by atoms with Crippen LogP contribution in [-0.2, 0) is 6.54 Å². The highest BCUT2D eigenvalue weighted by atomic mass is 16.5. The molecule has 4 heterocycles. The number of amides is 1. The first kappa shape index (κ1) is 14.4. The minimum atomic E-state index is -0.0442. The van der Waals surface area contributed by atoms with Gasteiger partial charge in [0.15, 0.2) is 0 Å². The van der Waals surface area contributed by atoms with Crippen molar-refractivity contribution in [2.45, 2.75) is 25.9 Å². The van der Waals surface area contributed by atoms with Gasteiger partial charge in [-0.1, -0.05) is 11.2 Å². The van der Waals surface area contributed by atoms with E-state index >= 15 is 0 Å². The van der Waals surface area contributed by atoms with Gasteiger partial charge >= 0.3 is 0 Å². The molecule has 0 aromatic carbocycles. The molecule has 120 valence electrons. The van der Waals surface area contributed by atoms with Crippen LogP contribution in [0.15, 0.2) is 35.1 Å². The normalized spacial score (nSPS) is 24.1. The Morgan fingerprint density at radius 3 is 3.09 bits per heavy atom. The number of carbonyl (C=O) groups excluding carboxylic acids is 1. The van der Waals surface area contributed by atoms with Gasteiger partial charge in [0.1, 0.15) is 0 Å². The van der Waals surface area contributed by atoms with E-state index in [9.17, 15) is 4.79 Å². The van der Waals surface area contributed by atoms with Crippen molar-refractivity contribution >= 4 is 5.91 Å². The Morgan fingerprint density at radius 2 is 2.35 bits per heavy atom. The molecule has 6 heteroatoms. The molecule has 2 aliphatic rings. The number of hydrogen-bond donors (Lipinski definition) is 0. The second kappa shape index (κ2) is 5.77. The first-order valence-corrected chi connectivity index (χ1v) is 8.06. The third-order valence-electron chi connectivity index (χ3n) is 4.89. The highest BCUT2D eigenvalue weighted by molar-refractivity contribution is 5.91. The molecular weight excluding hydrogens is 292 g/mol. The lowest BCUT2D eigenvalue weighted by molar-refractivity contribution is -0.0434. The zero-order chi connectivity index (χ0) is 15.8. The first-order valence-electron chi connectivity index (χ1n) is 8.06. The second-order valence-corrected chi connectivity index (χ2v) is 6.49. The number of carbonyl (C=O) groups is 1. The monoisotopic (exact) mass is 312 g/mol. The number of nitrogens with zero attached hydrogens (tertiary/aromatic N) is 4. The van der Waals surface area contributed by atoms with Crippen molar-refractivity contribution in [3.63, 3.8) is 0 Å². The number of piperidine rings is 1. The Morgan fingerprint density at radius 1 is 1.43 bits per heavy atom. The molecule has 4 rings (SSSR count). The SMILES string of the molecule is Cc1cc(C(=O)N2CC[C@@H]3CN(Cc4cccnc4)[C@@H]3C2)on1. The van der Waals surface area contributed by atoms with E-state index in [1.54, 1.807) is 12.3 Å². The van der Waals surface area contributed by atoms with E-state index in [1.165, 1.54) is 5.56 Å². The summed E-state index contributed by atoms with van der Waals surface area (Å²) in [5, 5.41) is 3.81. The quantitative estimate of drug-likeness (QED) is 0.863. The summed E-state index contributed by atoms with van der Waals surface area (Å²) in [6.45, 7) is 5.42. The maximum absolute atomic E-state index is 12.5. The van der Waals surface area contributed by atoms with Crippen LogP contribution in [-0.4, -0.2) is 51.5 Å². The number of rotatable bonds is 3. The molecular formula is C17H20N4O2. The number of pyridine rings is 1. The van der Waals surface area contributed by atoms with Crippen molar-refractivity contribution in [1.82, 2.24) is 19.9 Å². The molecule has 0 aliphatic carbocycles. The molecule has 0 bridgehead atoms. The Kier molecular flexibility index (Phi) is 3.61. The number of fused-ring (bicyclic) bond motifs is 1. The lowest BCUT2D eigenvalue weighted by atomic mass is 9.82. The highest BCUT2D eigenvalue weighted by Crippen LogP contribution is 2.34. The van der Waals surface area contributed by atoms with Crippen LogP contribution < -0.4 is 0 Å². The average molecular weight is 312 g/mol. The van der Waals surface area contributed by atoms with Crippen molar-refractivity contribution in [3.8, 4) is 0 Å². The Labute approximate surface area is 135 Å². The molecule has 0 N–H and O–H groups in total. The van der Waals surface area contributed by atoms with Crippen LogP contribution in [0.3, 0.4) is 0 Å². The Bertz CT molecular complexity index is 700. The van der Waals surface area contributed by atoms with Crippen molar-refractivity contribution in [2.75, 3.05) is 19.6 Å². The summed E-state index contributed by atoms with van der Waals surface area (Å²) in [7, 11) is 0. The molecule has 0 saturated carbocycles. The van der Waals surface area contributed by atoms with Crippen molar-refractivity contribution in [2.24, 2.45) is 5.92 Å². The van der Waals surface area contributed by atoms with Gasteiger partial charge in [0, 0.05) is 50.7 Å². The zero-order valence-corrected chi connectivity index (χ0v) is 13.2. The molecule has 23 heavy (non-hydrogen) atoms. The third kappa shape index (κ3) is 2.74.